The maximum Gasteiger partial charge on any atom is 0.356 e. The zero-order chi connectivity index (χ0) is 13.1. The standard InChI is InChI=1S/C12H9N3O3/c1-18-9-3-2-8(5-13)11(4-9)15-6-10(12(16)17)14-7-15/h2-4,6-7H,1H3,(H,16,17). The summed E-state index contributed by atoms with van der Waals surface area (Å²) in [5.74, 6) is -0.537. The van der Waals surface area contributed by atoms with E-state index in [0.29, 0.717) is 17.0 Å². The number of methoxy groups -OCH3 is 1. The van der Waals surface area contributed by atoms with Gasteiger partial charge in [-0.25, -0.2) is 9.78 Å². The SMILES string of the molecule is COc1ccc(C#N)c(-n2cnc(C(=O)O)c2)c1. The predicted octanol–water partition coefficient (Wildman–Crippen LogP) is 1.45. The highest BCUT2D eigenvalue weighted by atomic mass is 16.5. The van der Waals surface area contributed by atoms with Crippen LogP contribution in [-0.4, -0.2) is 27.7 Å². The normalized spacial score (nSPS) is 9.78. The molecule has 6 nitrogen and oxygen atoms in total. The molecule has 1 aromatic heterocycles. The van der Waals surface area contributed by atoms with Crippen LogP contribution in [0, 0.1) is 11.3 Å². The summed E-state index contributed by atoms with van der Waals surface area (Å²) in [4.78, 5) is 14.5. The van der Waals surface area contributed by atoms with Gasteiger partial charge in [0, 0.05) is 12.3 Å². The Hall–Kier alpha value is -2.81. The molecular formula is C12H9N3O3. The molecule has 0 fully saturated rings. The minimum atomic E-state index is -1.12. The van der Waals surface area contributed by atoms with Gasteiger partial charge in [-0.2, -0.15) is 5.26 Å². The Morgan fingerprint density at radius 3 is 2.89 bits per heavy atom. The number of carboxylic acid groups (broad SMARTS) is 1. The fourth-order valence-corrected chi connectivity index (χ4v) is 1.51. The van der Waals surface area contributed by atoms with Gasteiger partial charge in [-0.3, -0.25) is 0 Å². The van der Waals surface area contributed by atoms with Gasteiger partial charge in [-0.1, -0.05) is 0 Å². The van der Waals surface area contributed by atoms with Gasteiger partial charge in [0.1, 0.15) is 18.1 Å². The number of nitriles is 1. The number of hydrogen-bond donors (Lipinski definition) is 1. The molecule has 2 aromatic rings. The van der Waals surface area contributed by atoms with Crippen LogP contribution >= 0.6 is 0 Å². The highest BCUT2D eigenvalue weighted by molar-refractivity contribution is 5.85. The molecular weight excluding hydrogens is 234 g/mol. The van der Waals surface area contributed by atoms with Crippen molar-refractivity contribution in [2.45, 2.75) is 0 Å². The first-order chi connectivity index (χ1) is 8.65. The first kappa shape index (κ1) is 11.7. The van der Waals surface area contributed by atoms with Gasteiger partial charge in [0.15, 0.2) is 5.69 Å². The lowest BCUT2D eigenvalue weighted by molar-refractivity contribution is 0.0691. The Morgan fingerprint density at radius 1 is 1.56 bits per heavy atom. The van der Waals surface area contributed by atoms with Crippen LogP contribution in [-0.2, 0) is 0 Å². The number of imidazole rings is 1. The number of aromatic carboxylic acids is 1. The molecule has 2 rings (SSSR count). The van der Waals surface area contributed by atoms with Gasteiger partial charge in [0.25, 0.3) is 0 Å². The Bertz CT molecular complexity index is 640. The van der Waals surface area contributed by atoms with Crippen LogP contribution in [0.3, 0.4) is 0 Å². The smallest absolute Gasteiger partial charge is 0.356 e. The van der Waals surface area contributed by atoms with Crippen LogP contribution in [0.4, 0.5) is 0 Å². The van der Waals surface area contributed by atoms with Crippen molar-refractivity contribution >= 4 is 5.97 Å². The molecule has 0 aliphatic rings. The fourth-order valence-electron chi connectivity index (χ4n) is 1.51. The molecule has 18 heavy (non-hydrogen) atoms. The number of hydrogen-bond acceptors (Lipinski definition) is 4. The summed E-state index contributed by atoms with van der Waals surface area (Å²) < 4.78 is 6.55. The molecule has 90 valence electrons. The zero-order valence-corrected chi connectivity index (χ0v) is 9.49. The predicted molar refractivity (Wildman–Crippen MR) is 61.8 cm³/mol. The van der Waals surface area contributed by atoms with Gasteiger partial charge in [0.05, 0.1) is 18.4 Å². The second-order valence-electron chi connectivity index (χ2n) is 3.47. The van der Waals surface area contributed by atoms with Crippen molar-refractivity contribution in [3.8, 4) is 17.5 Å². The van der Waals surface area contributed by atoms with Gasteiger partial charge < -0.3 is 14.4 Å². The van der Waals surface area contributed by atoms with Crippen molar-refractivity contribution in [2.75, 3.05) is 7.11 Å². The van der Waals surface area contributed by atoms with Crippen molar-refractivity contribution in [2.24, 2.45) is 0 Å². The van der Waals surface area contributed by atoms with Crippen LogP contribution in [0.2, 0.25) is 0 Å². The molecule has 1 aromatic carbocycles. The third kappa shape index (κ3) is 2.01. The third-order valence-corrected chi connectivity index (χ3v) is 2.41. The van der Waals surface area contributed by atoms with Crippen molar-refractivity contribution < 1.29 is 14.6 Å². The first-order valence-electron chi connectivity index (χ1n) is 5.01. The molecule has 6 heteroatoms. The number of carbonyl (C=O) groups is 1. The molecule has 0 aliphatic carbocycles. The van der Waals surface area contributed by atoms with Crippen molar-refractivity contribution in [3.05, 3.63) is 42.0 Å². The zero-order valence-electron chi connectivity index (χ0n) is 9.49. The Balaban J connectivity index is 2.54. The molecule has 0 aliphatic heterocycles. The fraction of sp³-hybridized carbons (Fsp3) is 0.0833. The Morgan fingerprint density at radius 2 is 2.33 bits per heavy atom. The molecule has 0 unspecified atom stereocenters. The topological polar surface area (TPSA) is 88.1 Å². The first-order valence-corrected chi connectivity index (χ1v) is 5.01. The minimum Gasteiger partial charge on any atom is -0.497 e. The minimum absolute atomic E-state index is 0.0818. The molecule has 1 heterocycles. The Kier molecular flexibility index (Phi) is 2.98. The van der Waals surface area contributed by atoms with E-state index in [0.717, 1.165) is 0 Å². The second kappa shape index (κ2) is 4.59. The van der Waals surface area contributed by atoms with E-state index in [4.69, 9.17) is 15.1 Å². The van der Waals surface area contributed by atoms with E-state index in [1.165, 1.54) is 24.2 Å². The quantitative estimate of drug-likeness (QED) is 0.881. The molecule has 1 N–H and O–H groups in total. The summed E-state index contributed by atoms with van der Waals surface area (Å²) in [5, 5.41) is 17.8. The van der Waals surface area contributed by atoms with E-state index in [1.54, 1.807) is 18.2 Å². The maximum absolute atomic E-state index is 10.8. The number of rotatable bonds is 3. The molecule has 0 amide bonds. The molecule has 0 radical (unpaired) electrons. The lowest BCUT2D eigenvalue weighted by atomic mass is 10.2. The maximum atomic E-state index is 10.8. The van der Waals surface area contributed by atoms with E-state index in [1.807, 2.05) is 6.07 Å². The summed E-state index contributed by atoms with van der Waals surface area (Å²) >= 11 is 0. The van der Waals surface area contributed by atoms with Crippen LogP contribution < -0.4 is 4.74 Å². The second-order valence-corrected chi connectivity index (χ2v) is 3.47. The monoisotopic (exact) mass is 243 g/mol. The molecule has 0 spiro atoms. The summed E-state index contributed by atoms with van der Waals surface area (Å²) in [6.45, 7) is 0. The molecule has 0 saturated carbocycles. The van der Waals surface area contributed by atoms with Crippen molar-refractivity contribution in [1.82, 2.24) is 9.55 Å². The van der Waals surface area contributed by atoms with E-state index in [2.05, 4.69) is 4.98 Å². The number of aromatic nitrogens is 2. The average Bonchev–Trinajstić information content (AvgIpc) is 2.87. The molecule has 0 saturated heterocycles. The number of nitrogens with zero attached hydrogens (tertiary/aromatic N) is 3. The third-order valence-electron chi connectivity index (χ3n) is 2.41. The number of ether oxygens (including phenoxy) is 1. The van der Waals surface area contributed by atoms with Crippen LogP contribution in [0.15, 0.2) is 30.7 Å². The Labute approximate surface area is 103 Å². The summed E-state index contributed by atoms with van der Waals surface area (Å²) in [6.07, 6.45) is 2.69. The molecule has 0 bridgehead atoms. The number of carboxylic acids is 1. The van der Waals surface area contributed by atoms with E-state index < -0.39 is 5.97 Å². The van der Waals surface area contributed by atoms with Crippen LogP contribution in [0.25, 0.3) is 5.69 Å². The van der Waals surface area contributed by atoms with Crippen molar-refractivity contribution in [1.29, 1.82) is 5.26 Å². The lowest BCUT2D eigenvalue weighted by Gasteiger charge is -2.07. The van der Waals surface area contributed by atoms with E-state index >= 15 is 0 Å². The summed E-state index contributed by atoms with van der Waals surface area (Å²) in [6, 6.07) is 6.95. The highest BCUT2D eigenvalue weighted by Crippen LogP contribution is 2.21. The summed E-state index contributed by atoms with van der Waals surface area (Å²) in [5.41, 5.74) is 0.851. The van der Waals surface area contributed by atoms with Crippen LogP contribution in [0.1, 0.15) is 16.1 Å². The largest absolute Gasteiger partial charge is 0.497 e. The summed E-state index contributed by atoms with van der Waals surface area (Å²) in [7, 11) is 1.52. The van der Waals surface area contributed by atoms with Crippen molar-refractivity contribution in [3.63, 3.8) is 0 Å². The molecule has 0 atom stereocenters. The van der Waals surface area contributed by atoms with Gasteiger partial charge in [0.2, 0.25) is 0 Å². The van der Waals surface area contributed by atoms with E-state index in [9.17, 15) is 4.79 Å². The highest BCUT2D eigenvalue weighted by Gasteiger charge is 2.11. The van der Waals surface area contributed by atoms with E-state index in [-0.39, 0.29) is 5.69 Å². The number of benzene rings is 1. The van der Waals surface area contributed by atoms with Gasteiger partial charge in [-0.15, -0.1) is 0 Å². The van der Waals surface area contributed by atoms with Crippen LogP contribution in [0.5, 0.6) is 5.75 Å². The average molecular weight is 243 g/mol. The lowest BCUT2D eigenvalue weighted by Crippen LogP contribution is -1.97. The van der Waals surface area contributed by atoms with Gasteiger partial charge in [-0.05, 0) is 12.1 Å². The van der Waals surface area contributed by atoms with Gasteiger partial charge >= 0.3 is 5.97 Å².